The molecule has 2 atom stereocenters. The van der Waals surface area contributed by atoms with E-state index < -0.39 is 16.1 Å². The summed E-state index contributed by atoms with van der Waals surface area (Å²) in [4.78, 5) is 12.6. The van der Waals surface area contributed by atoms with Gasteiger partial charge in [-0.1, -0.05) is 42.8 Å². The summed E-state index contributed by atoms with van der Waals surface area (Å²) in [5.74, 6) is -0.123. The molecule has 0 saturated carbocycles. The molecule has 0 aromatic heterocycles. The van der Waals surface area contributed by atoms with Gasteiger partial charge in [-0.3, -0.25) is 4.79 Å². The van der Waals surface area contributed by atoms with E-state index in [9.17, 15) is 18.5 Å². The van der Waals surface area contributed by atoms with Gasteiger partial charge in [0.1, 0.15) is 6.04 Å². The van der Waals surface area contributed by atoms with E-state index in [4.69, 9.17) is 0 Å². The molecule has 1 fully saturated rings. The van der Waals surface area contributed by atoms with E-state index in [1.54, 1.807) is 18.2 Å². The second-order valence-electron chi connectivity index (χ2n) is 7.91. The molecule has 7 nitrogen and oxygen atoms in total. The van der Waals surface area contributed by atoms with Crippen LogP contribution in [0.2, 0.25) is 0 Å². The minimum Gasteiger partial charge on any atom is -0.339 e. The number of hydrogen-bond donors (Lipinski definition) is 2. The molecule has 0 aliphatic carbocycles. The maximum atomic E-state index is 12.4. The fourth-order valence-corrected chi connectivity index (χ4v) is 4.54. The van der Waals surface area contributed by atoms with Crippen LogP contribution in [0.15, 0.2) is 53.4 Å². The Kier molecular flexibility index (Phi) is 7.44. The molecule has 0 spiro atoms. The van der Waals surface area contributed by atoms with Gasteiger partial charge in [-0.15, -0.1) is 0 Å². The zero-order valence-electron chi connectivity index (χ0n) is 17.8. The first-order valence-electron chi connectivity index (χ1n) is 10.4. The van der Waals surface area contributed by atoms with E-state index in [-0.39, 0.29) is 16.8 Å². The minimum atomic E-state index is -3.50. The first-order valence-corrected chi connectivity index (χ1v) is 11.8. The molecule has 2 aromatic carbocycles. The SMILES string of the molecule is CN(C)S(=O)(=O)c1cccc(-c2ccc(C[C@@H](C#N)NC(=O)[C@@H]3CCCCN3)cc2)c1. The standard InChI is InChI=1S/C23H28N4O3S/c1-27(2)31(29,30)21-7-5-6-19(15-21)18-11-9-17(10-12-18)14-20(16-24)26-23(28)22-8-3-4-13-25-22/h5-7,9-12,15,20,22,25H,3-4,8,13-14H2,1-2H3,(H,26,28)/t20-,22-/m0/s1. The van der Waals surface area contributed by atoms with Crippen molar-refractivity contribution in [1.29, 1.82) is 5.26 Å². The Morgan fingerprint density at radius 2 is 1.94 bits per heavy atom. The lowest BCUT2D eigenvalue weighted by atomic mass is 10.00. The molecule has 1 amide bonds. The largest absolute Gasteiger partial charge is 0.339 e. The lowest BCUT2D eigenvalue weighted by molar-refractivity contribution is -0.124. The summed E-state index contributed by atoms with van der Waals surface area (Å²) in [5, 5.41) is 15.5. The smallest absolute Gasteiger partial charge is 0.242 e. The van der Waals surface area contributed by atoms with E-state index in [0.717, 1.165) is 42.5 Å². The number of hydrogen-bond acceptors (Lipinski definition) is 5. The molecular weight excluding hydrogens is 412 g/mol. The molecule has 1 aliphatic heterocycles. The van der Waals surface area contributed by atoms with Crippen LogP contribution in [0.25, 0.3) is 11.1 Å². The zero-order valence-corrected chi connectivity index (χ0v) is 18.7. The molecule has 0 bridgehead atoms. The predicted octanol–water partition coefficient (Wildman–Crippen LogP) is 2.30. The molecule has 3 rings (SSSR count). The van der Waals surface area contributed by atoms with Gasteiger partial charge in [0, 0.05) is 20.5 Å². The van der Waals surface area contributed by atoms with Crippen molar-refractivity contribution >= 4 is 15.9 Å². The second kappa shape index (κ2) is 10.1. The van der Waals surface area contributed by atoms with Crippen LogP contribution in [0.5, 0.6) is 0 Å². The third kappa shape index (κ3) is 5.70. The molecule has 0 radical (unpaired) electrons. The summed E-state index contributed by atoms with van der Waals surface area (Å²) in [6.45, 7) is 0.827. The quantitative estimate of drug-likeness (QED) is 0.688. The first kappa shape index (κ1) is 22.9. The maximum Gasteiger partial charge on any atom is 0.242 e. The van der Waals surface area contributed by atoms with Gasteiger partial charge in [-0.2, -0.15) is 5.26 Å². The predicted molar refractivity (Wildman–Crippen MR) is 120 cm³/mol. The third-order valence-electron chi connectivity index (χ3n) is 5.44. The molecule has 1 saturated heterocycles. The average Bonchev–Trinajstić information content (AvgIpc) is 2.79. The van der Waals surface area contributed by atoms with Crippen molar-refractivity contribution in [3.63, 3.8) is 0 Å². The van der Waals surface area contributed by atoms with Gasteiger partial charge in [0.15, 0.2) is 0 Å². The van der Waals surface area contributed by atoms with Crippen LogP contribution < -0.4 is 10.6 Å². The fraction of sp³-hybridized carbons (Fsp3) is 0.391. The van der Waals surface area contributed by atoms with Crippen LogP contribution in [-0.4, -0.2) is 51.4 Å². The molecule has 164 valence electrons. The molecule has 0 unspecified atom stereocenters. The molecule has 2 aromatic rings. The summed E-state index contributed by atoms with van der Waals surface area (Å²) in [6, 6.07) is 15.8. The highest BCUT2D eigenvalue weighted by Gasteiger charge is 2.23. The number of rotatable bonds is 7. The van der Waals surface area contributed by atoms with Crippen molar-refractivity contribution in [1.82, 2.24) is 14.9 Å². The van der Waals surface area contributed by atoms with Crippen molar-refractivity contribution < 1.29 is 13.2 Å². The Balaban J connectivity index is 1.68. The molecule has 1 heterocycles. The number of nitrogens with zero attached hydrogens (tertiary/aromatic N) is 2. The highest BCUT2D eigenvalue weighted by atomic mass is 32.2. The van der Waals surface area contributed by atoms with E-state index in [2.05, 4.69) is 16.7 Å². The van der Waals surface area contributed by atoms with Crippen LogP contribution in [0.1, 0.15) is 24.8 Å². The summed E-state index contributed by atoms with van der Waals surface area (Å²) >= 11 is 0. The number of amides is 1. The Bertz CT molecular complexity index is 1050. The third-order valence-corrected chi connectivity index (χ3v) is 7.25. The van der Waals surface area contributed by atoms with Gasteiger partial charge >= 0.3 is 0 Å². The fourth-order valence-electron chi connectivity index (χ4n) is 3.59. The van der Waals surface area contributed by atoms with Gasteiger partial charge in [0.25, 0.3) is 0 Å². The molecule has 31 heavy (non-hydrogen) atoms. The second-order valence-corrected chi connectivity index (χ2v) is 10.1. The number of benzene rings is 2. The van der Waals surface area contributed by atoms with E-state index in [1.165, 1.54) is 18.4 Å². The van der Waals surface area contributed by atoms with Crippen LogP contribution in [0.3, 0.4) is 0 Å². The highest BCUT2D eigenvalue weighted by molar-refractivity contribution is 7.89. The minimum absolute atomic E-state index is 0.123. The van der Waals surface area contributed by atoms with Gasteiger partial charge < -0.3 is 10.6 Å². The number of sulfonamides is 1. The molecular formula is C23H28N4O3S. The van der Waals surface area contributed by atoms with Gasteiger partial charge in [-0.25, -0.2) is 12.7 Å². The normalized spacial score (nSPS) is 17.7. The zero-order chi connectivity index (χ0) is 22.4. The van der Waals surface area contributed by atoms with E-state index >= 15 is 0 Å². The summed E-state index contributed by atoms with van der Waals surface area (Å²) in [5.41, 5.74) is 2.59. The molecule has 8 heteroatoms. The van der Waals surface area contributed by atoms with Gasteiger partial charge in [-0.05, 0) is 48.2 Å². The Labute approximate surface area is 184 Å². The van der Waals surface area contributed by atoms with Crippen molar-refractivity contribution in [2.45, 2.75) is 42.7 Å². The average molecular weight is 441 g/mol. The monoisotopic (exact) mass is 440 g/mol. The van der Waals surface area contributed by atoms with Crippen molar-refractivity contribution in [3.8, 4) is 17.2 Å². The van der Waals surface area contributed by atoms with Crippen molar-refractivity contribution in [2.75, 3.05) is 20.6 Å². The number of carbonyl (C=O) groups is 1. The molecule has 1 aliphatic rings. The lowest BCUT2D eigenvalue weighted by Crippen LogP contribution is -2.49. The summed E-state index contributed by atoms with van der Waals surface area (Å²) < 4.78 is 26.0. The molecule has 2 N–H and O–H groups in total. The van der Waals surface area contributed by atoms with Crippen LogP contribution in [0.4, 0.5) is 0 Å². The highest BCUT2D eigenvalue weighted by Crippen LogP contribution is 2.24. The lowest BCUT2D eigenvalue weighted by Gasteiger charge is -2.23. The van der Waals surface area contributed by atoms with Gasteiger partial charge in [0.2, 0.25) is 15.9 Å². The number of nitrogens with one attached hydrogen (secondary N) is 2. The Morgan fingerprint density at radius 3 is 2.55 bits per heavy atom. The van der Waals surface area contributed by atoms with Crippen LogP contribution >= 0.6 is 0 Å². The summed E-state index contributed by atoms with van der Waals surface area (Å²) in [7, 11) is -0.493. The van der Waals surface area contributed by atoms with Crippen LogP contribution in [-0.2, 0) is 21.2 Å². The Morgan fingerprint density at radius 1 is 1.19 bits per heavy atom. The van der Waals surface area contributed by atoms with E-state index in [1.807, 2.05) is 30.3 Å². The van der Waals surface area contributed by atoms with Crippen molar-refractivity contribution in [3.05, 3.63) is 54.1 Å². The Hall–Kier alpha value is -2.73. The maximum absolute atomic E-state index is 12.4. The topological polar surface area (TPSA) is 102 Å². The van der Waals surface area contributed by atoms with Gasteiger partial charge in [0.05, 0.1) is 17.0 Å². The van der Waals surface area contributed by atoms with E-state index in [0.29, 0.717) is 6.42 Å². The first-order chi connectivity index (χ1) is 14.8. The van der Waals surface area contributed by atoms with Crippen LogP contribution in [0, 0.1) is 11.3 Å². The number of piperidine rings is 1. The summed E-state index contributed by atoms with van der Waals surface area (Å²) in [6.07, 6.45) is 3.29. The number of nitriles is 1. The van der Waals surface area contributed by atoms with Crippen molar-refractivity contribution in [2.24, 2.45) is 0 Å². The number of carbonyl (C=O) groups excluding carboxylic acids is 1.